The third-order valence-electron chi connectivity index (χ3n) is 2.40. The van der Waals surface area contributed by atoms with Crippen molar-refractivity contribution >= 4 is 21.7 Å². The van der Waals surface area contributed by atoms with Crippen LogP contribution in [0, 0.1) is 15.9 Å². The minimum absolute atomic E-state index is 0.0804. The van der Waals surface area contributed by atoms with Gasteiger partial charge in [-0.25, -0.2) is 8.42 Å². The summed E-state index contributed by atoms with van der Waals surface area (Å²) < 4.78 is 43.9. The Morgan fingerprint density at radius 1 is 1.52 bits per heavy atom. The molecule has 116 valence electrons. The van der Waals surface area contributed by atoms with Crippen molar-refractivity contribution < 1.29 is 27.3 Å². The van der Waals surface area contributed by atoms with E-state index in [1.54, 1.807) is 6.92 Å². The van der Waals surface area contributed by atoms with Gasteiger partial charge in [-0.05, 0) is 19.9 Å². The lowest BCUT2D eigenvalue weighted by Crippen LogP contribution is -2.39. The summed E-state index contributed by atoms with van der Waals surface area (Å²) in [6.07, 6.45) is 0. The Morgan fingerprint density at radius 2 is 2.14 bits per heavy atom. The number of hydrogen-bond donors (Lipinski definition) is 1. The maximum Gasteiger partial charge on any atom is 0.323 e. The molecule has 0 aliphatic rings. The molecule has 0 amide bonds. The van der Waals surface area contributed by atoms with Crippen LogP contribution in [-0.2, 0) is 19.6 Å². The van der Waals surface area contributed by atoms with Crippen molar-refractivity contribution in [1.29, 1.82) is 0 Å². The predicted octanol–water partition coefficient (Wildman–Crippen LogP) is 0.964. The summed E-state index contributed by atoms with van der Waals surface area (Å²) in [6, 6.07) is 0.951. The van der Waals surface area contributed by atoms with E-state index in [-0.39, 0.29) is 6.61 Å². The summed E-state index contributed by atoms with van der Waals surface area (Å²) in [5.74, 6) is -2.07. The number of nitrogens with zero attached hydrogens (tertiary/aromatic N) is 1. The number of carbonyl (C=O) groups is 1. The Balaban J connectivity index is 3.01. The molecule has 0 aliphatic carbocycles. The SMILES string of the molecule is CCOC(=O)C(C)NS(=O)(=O)c1ccc([N+](=O)[O-])c(F)c1. The standard InChI is InChI=1S/C11H13FN2O6S/c1-3-20-11(15)7(2)13-21(18,19)8-4-5-10(14(16)17)9(12)6-8/h4-7,13H,3H2,1-2H3. The fraction of sp³-hybridized carbons (Fsp3) is 0.364. The third-order valence-corrected chi connectivity index (χ3v) is 3.94. The molecule has 8 nitrogen and oxygen atoms in total. The van der Waals surface area contributed by atoms with Gasteiger partial charge < -0.3 is 4.74 Å². The predicted molar refractivity (Wildman–Crippen MR) is 69.5 cm³/mol. The number of hydrogen-bond acceptors (Lipinski definition) is 6. The largest absolute Gasteiger partial charge is 0.465 e. The fourth-order valence-corrected chi connectivity index (χ4v) is 2.62. The quantitative estimate of drug-likeness (QED) is 0.474. The molecule has 10 heteroatoms. The maximum atomic E-state index is 13.4. The first kappa shape index (κ1) is 17.0. The zero-order chi connectivity index (χ0) is 16.2. The van der Waals surface area contributed by atoms with Crippen LogP contribution in [0.3, 0.4) is 0 Å². The number of benzene rings is 1. The van der Waals surface area contributed by atoms with Crippen LogP contribution < -0.4 is 4.72 Å². The topological polar surface area (TPSA) is 116 Å². The molecular weight excluding hydrogens is 307 g/mol. The van der Waals surface area contributed by atoms with E-state index in [9.17, 15) is 27.7 Å². The molecule has 0 saturated heterocycles. The highest BCUT2D eigenvalue weighted by atomic mass is 32.2. The van der Waals surface area contributed by atoms with Crippen LogP contribution in [0.2, 0.25) is 0 Å². The van der Waals surface area contributed by atoms with Crippen molar-refractivity contribution in [2.24, 2.45) is 0 Å². The van der Waals surface area contributed by atoms with Crippen LogP contribution in [0.25, 0.3) is 0 Å². The van der Waals surface area contributed by atoms with Crippen LogP contribution in [0.15, 0.2) is 23.1 Å². The number of ether oxygens (including phenoxy) is 1. The average Bonchev–Trinajstić information content (AvgIpc) is 2.37. The smallest absolute Gasteiger partial charge is 0.323 e. The van der Waals surface area contributed by atoms with E-state index in [1.165, 1.54) is 6.92 Å². The molecule has 1 rings (SSSR count). The second-order valence-electron chi connectivity index (χ2n) is 3.97. The van der Waals surface area contributed by atoms with E-state index >= 15 is 0 Å². The zero-order valence-corrected chi connectivity index (χ0v) is 12.0. The Labute approximate surface area is 120 Å². The summed E-state index contributed by atoms with van der Waals surface area (Å²) in [6.45, 7) is 2.90. The molecule has 1 aromatic rings. The number of nitro benzene ring substituents is 1. The molecule has 1 aromatic carbocycles. The molecule has 0 aromatic heterocycles. The molecule has 0 aliphatic heterocycles. The van der Waals surface area contributed by atoms with Crippen molar-refractivity contribution in [2.45, 2.75) is 24.8 Å². The lowest BCUT2D eigenvalue weighted by molar-refractivity contribution is -0.387. The number of carbonyl (C=O) groups excluding carboxylic acids is 1. The second-order valence-corrected chi connectivity index (χ2v) is 5.68. The lowest BCUT2D eigenvalue weighted by Gasteiger charge is -2.13. The van der Waals surface area contributed by atoms with Crippen LogP contribution in [-0.4, -0.2) is 32.0 Å². The van der Waals surface area contributed by atoms with E-state index in [4.69, 9.17) is 0 Å². The van der Waals surface area contributed by atoms with E-state index in [1.807, 2.05) is 4.72 Å². The molecule has 0 saturated carbocycles. The van der Waals surface area contributed by atoms with Gasteiger partial charge in [0.1, 0.15) is 6.04 Å². The van der Waals surface area contributed by atoms with Gasteiger partial charge in [0.2, 0.25) is 15.8 Å². The number of sulfonamides is 1. The van der Waals surface area contributed by atoms with Gasteiger partial charge in [-0.3, -0.25) is 14.9 Å². The zero-order valence-electron chi connectivity index (χ0n) is 11.2. The molecular formula is C11H13FN2O6S. The van der Waals surface area contributed by atoms with Crippen LogP contribution in [0.4, 0.5) is 10.1 Å². The van der Waals surface area contributed by atoms with Crippen molar-refractivity contribution in [1.82, 2.24) is 4.72 Å². The normalized spacial score (nSPS) is 12.7. The molecule has 1 unspecified atom stereocenters. The van der Waals surface area contributed by atoms with Crippen LogP contribution in [0.5, 0.6) is 0 Å². The first-order valence-electron chi connectivity index (χ1n) is 5.82. The van der Waals surface area contributed by atoms with Gasteiger partial charge in [-0.1, -0.05) is 0 Å². The summed E-state index contributed by atoms with van der Waals surface area (Å²) in [7, 11) is -4.20. The van der Waals surface area contributed by atoms with Crippen LogP contribution in [0.1, 0.15) is 13.8 Å². The lowest BCUT2D eigenvalue weighted by atomic mass is 10.3. The van der Waals surface area contributed by atoms with E-state index in [0.717, 1.165) is 12.1 Å². The molecule has 0 heterocycles. The van der Waals surface area contributed by atoms with Crippen LogP contribution >= 0.6 is 0 Å². The van der Waals surface area contributed by atoms with Crippen molar-refractivity contribution in [3.63, 3.8) is 0 Å². The molecule has 0 bridgehead atoms. The molecule has 21 heavy (non-hydrogen) atoms. The van der Waals surface area contributed by atoms with E-state index in [0.29, 0.717) is 6.07 Å². The van der Waals surface area contributed by atoms with Crippen molar-refractivity contribution in [2.75, 3.05) is 6.61 Å². The highest BCUT2D eigenvalue weighted by molar-refractivity contribution is 7.89. The number of rotatable bonds is 6. The second kappa shape index (κ2) is 6.59. The van der Waals surface area contributed by atoms with Gasteiger partial charge in [0, 0.05) is 12.1 Å². The minimum Gasteiger partial charge on any atom is -0.465 e. The highest BCUT2D eigenvalue weighted by Gasteiger charge is 2.25. The molecule has 0 fully saturated rings. The third kappa shape index (κ3) is 4.20. The van der Waals surface area contributed by atoms with Gasteiger partial charge in [-0.15, -0.1) is 0 Å². The van der Waals surface area contributed by atoms with Gasteiger partial charge in [0.15, 0.2) is 0 Å². The molecule has 0 radical (unpaired) electrons. The van der Waals surface area contributed by atoms with Gasteiger partial charge in [0.05, 0.1) is 16.4 Å². The summed E-state index contributed by atoms with van der Waals surface area (Å²) in [5, 5.41) is 10.5. The number of nitro groups is 1. The van der Waals surface area contributed by atoms with Gasteiger partial charge in [0.25, 0.3) is 0 Å². The van der Waals surface area contributed by atoms with Gasteiger partial charge >= 0.3 is 11.7 Å². The number of esters is 1. The summed E-state index contributed by atoms with van der Waals surface area (Å²) in [4.78, 5) is 20.3. The Morgan fingerprint density at radius 3 is 2.62 bits per heavy atom. The first-order chi connectivity index (χ1) is 9.69. The van der Waals surface area contributed by atoms with Crippen molar-refractivity contribution in [3.8, 4) is 0 Å². The first-order valence-corrected chi connectivity index (χ1v) is 7.30. The van der Waals surface area contributed by atoms with Crippen molar-refractivity contribution in [3.05, 3.63) is 34.1 Å². The molecule has 1 N–H and O–H groups in total. The fourth-order valence-electron chi connectivity index (χ4n) is 1.42. The summed E-state index contributed by atoms with van der Waals surface area (Å²) in [5.41, 5.74) is -0.840. The Kier molecular flexibility index (Phi) is 5.33. The minimum atomic E-state index is -4.20. The monoisotopic (exact) mass is 320 g/mol. The summed E-state index contributed by atoms with van der Waals surface area (Å²) >= 11 is 0. The van der Waals surface area contributed by atoms with Gasteiger partial charge in [-0.2, -0.15) is 9.11 Å². The Bertz CT molecular complexity index is 661. The average molecular weight is 320 g/mol. The number of halogens is 1. The van der Waals surface area contributed by atoms with E-state index < -0.39 is 43.4 Å². The molecule has 1 atom stereocenters. The number of nitrogens with one attached hydrogen (secondary N) is 1. The maximum absolute atomic E-state index is 13.4. The highest BCUT2D eigenvalue weighted by Crippen LogP contribution is 2.20. The van der Waals surface area contributed by atoms with E-state index in [2.05, 4.69) is 4.74 Å². The molecule has 0 spiro atoms. The Hall–Kier alpha value is -2.07.